The highest BCUT2D eigenvalue weighted by atomic mass is 32.1. The van der Waals surface area contributed by atoms with Crippen LogP contribution in [0.4, 0.5) is 4.79 Å². The number of benzene rings is 1. The maximum Gasteiger partial charge on any atom is 0.315 e. The smallest absolute Gasteiger partial charge is 0.315 e. The number of aliphatic hydroxyl groups is 1. The predicted molar refractivity (Wildman–Crippen MR) is 87.7 cm³/mol. The Hall–Kier alpha value is -1.92. The standard InChI is InChI=1S/C16H21N3O2S/c1-11(8-14(20)13-6-4-3-5-7-13)19-16(21)18-10-15-17-9-12(2)22-15/h3-7,9,11,14,20H,8,10H2,1-2H3,(H2,18,19,21). The first-order chi connectivity index (χ1) is 10.5. The number of thiazole rings is 1. The number of aliphatic hydroxyl groups excluding tert-OH is 1. The summed E-state index contributed by atoms with van der Waals surface area (Å²) in [6.07, 6.45) is 1.67. The molecular weight excluding hydrogens is 298 g/mol. The lowest BCUT2D eigenvalue weighted by Gasteiger charge is -2.18. The van der Waals surface area contributed by atoms with Crippen LogP contribution >= 0.6 is 11.3 Å². The fourth-order valence-electron chi connectivity index (χ4n) is 2.12. The minimum atomic E-state index is -0.585. The number of amides is 2. The number of nitrogens with zero attached hydrogens (tertiary/aromatic N) is 1. The van der Waals surface area contributed by atoms with E-state index in [1.165, 1.54) is 0 Å². The number of aromatic nitrogens is 1. The Morgan fingerprint density at radius 1 is 1.36 bits per heavy atom. The van der Waals surface area contributed by atoms with Crippen LogP contribution in [0.25, 0.3) is 0 Å². The molecule has 0 fully saturated rings. The number of hydrogen-bond acceptors (Lipinski definition) is 4. The molecule has 0 aliphatic heterocycles. The van der Waals surface area contributed by atoms with Crippen molar-refractivity contribution in [3.63, 3.8) is 0 Å². The summed E-state index contributed by atoms with van der Waals surface area (Å²) < 4.78 is 0. The van der Waals surface area contributed by atoms with E-state index >= 15 is 0 Å². The number of rotatable bonds is 6. The molecule has 2 unspecified atom stereocenters. The van der Waals surface area contributed by atoms with Gasteiger partial charge in [0.25, 0.3) is 0 Å². The zero-order valence-electron chi connectivity index (χ0n) is 12.7. The molecule has 5 nitrogen and oxygen atoms in total. The van der Waals surface area contributed by atoms with Gasteiger partial charge in [0, 0.05) is 17.1 Å². The molecule has 0 radical (unpaired) electrons. The lowest BCUT2D eigenvalue weighted by Crippen LogP contribution is -2.41. The first-order valence-corrected chi connectivity index (χ1v) is 8.05. The van der Waals surface area contributed by atoms with Gasteiger partial charge in [0.2, 0.25) is 0 Å². The summed E-state index contributed by atoms with van der Waals surface area (Å²) in [7, 11) is 0. The summed E-state index contributed by atoms with van der Waals surface area (Å²) in [5.41, 5.74) is 0.856. The van der Waals surface area contributed by atoms with Crippen LogP contribution in [-0.4, -0.2) is 22.2 Å². The van der Waals surface area contributed by atoms with Crippen molar-refractivity contribution < 1.29 is 9.90 Å². The van der Waals surface area contributed by atoms with Gasteiger partial charge in [-0.1, -0.05) is 30.3 Å². The van der Waals surface area contributed by atoms with Gasteiger partial charge in [0.1, 0.15) is 5.01 Å². The molecule has 22 heavy (non-hydrogen) atoms. The SMILES string of the molecule is Cc1cnc(CNC(=O)NC(C)CC(O)c2ccccc2)s1. The largest absolute Gasteiger partial charge is 0.388 e. The molecule has 0 saturated carbocycles. The molecule has 1 aromatic heterocycles. The molecule has 2 atom stereocenters. The van der Waals surface area contributed by atoms with Crippen LogP contribution in [0.1, 0.15) is 34.9 Å². The van der Waals surface area contributed by atoms with Crippen LogP contribution in [0.3, 0.4) is 0 Å². The molecule has 6 heteroatoms. The van der Waals surface area contributed by atoms with Crippen molar-refractivity contribution in [1.29, 1.82) is 0 Å². The number of nitrogens with one attached hydrogen (secondary N) is 2. The minimum absolute atomic E-state index is 0.131. The van der Waals surface area contributed by atoms with Crippen LogP contribution in [0, 0.1) is 6.92 Å². The van der Waals surface area contributed by atoms with E-state index in [0.717, 1.165) is 15.4 Å². The Bertz CT molecular complexity index is 600. The lowest BCUT2D eigenvalue weighted by atomic mass is 10.0. The van der Waals surface area contributed by atoms with Crippen LogP contribution in [0.15, 0.2) is 36.5 Å². The van der Waals surface area contributed by atoms with Crippen molar-refractivity contribution in [2.24, 2.45) is 0 Å². The lowest BCUT2D eigenvalue weighted by molar-refractivity contribution is 0.154. The van der Waals surface area contributed by atoms with E-state index in [0.29, 0.717) is 13.0 Å². The Morgan fingerprint density at radius 3 is 2.73 bits per heavy atom. The average molecular weight is 319 g/mol. The summed E-state index contributed by atoms with van der Waals surface area (Å²) in [5.74, 6) is 0. The molecule has 0 saturated heterocycles. The third-order valence-electron chi connectivity index (χ3n) is 3.21. The fraction of sp³-hybridized carbons (Fsp3) is 0.375. The van der Waals surface area contributed by atoms with Crippen LogP contribution in [0.2, 0.25) is 0 Å². The summed E-state index contributed by atoms with van der Waals surface area (Å²) in [6.45, 7) is 4.27. The van der Waals surface area contributed by atoms with Crippen molar-refractivity contribution in [3.8, 4) is 0 Å². The summed E-state index contributed by atoms with van der Waals surface area (Å²) >= 11 is 1.56. The van der Waals surface area contributed by atoms with E-state index in [2.05, 4.69) is 15.6 Å². The topological polar surface area (TPSA) is 74.2 Å². The second-order valence-electron chi connectivity index (χ2n) is 5.25. The van der Waals surface area contributed by atoms with Gasteiger partial charge in [-0.3, -0.25) is 0 Å². The number of carbonyl (C=O) groups is 1. The zero-order chi connectivity index (χ0) is 15.9. The predicted octanol–water partition coefficient (Wildman–Crippen LogP) is 2.76. The van der Waals surface area contributed by atoms with Crippen LogP contribution in [0.5, 0.6) is 0 Å². The zero-order valence-corrected chi connectivity index (χ0v) is 13.6. The maximum absolute atomic E-state index is 11.8. The molecule has 0 aliphatic carbocycles. The minimum Gasteiger partial charge on any atom is -0.388 e. The third kappa shape index (κ3) is 5.13. The van der Waals surface area contributed by atoms with Gasteiger partial charge < -0.3 is 15.7 Å². The normalized spacial score (nSPS) is 13.4. The monoisotopic (exact) mass is 319 g/mol. The number of urea groups is 1. The van der Waals surface area contributed by atoms with Gasteiger partial charge in [-0.15, -0.1) is 11.3 Å². The quantitative estimate of drug-likeness (QED) is 0.766. The van der Waals surface area contributed by atoms with Crippen molar-refractivity contribution in [2.45, 2.75) is 39.0 Å². The molecule has 1 aromatic carbocycles. The highest BCUT2D eigenvalue weighted by Crippen LogP contribution is 2.17. The van der Waals surface area contributed by atoms with Gasteiger partial charge in [-0.2, -0.15) is 0 Å². The van der Waals surface area contributed by atoms with Crippen LogP contribution < -0.4 is 10.6 Å². The Morgan fingerprint density at radius 2 is 2.09 bits per heavy atom. The number of hydrogen-bond donors (Lipinski definition) is 3. The molecule has 0 spiro atoms. The van der Waals surface area contributed by atoms with Gasteiger partial charge in [-0.05, 0) is 25.8 Å². The highest BCUT2D eigenvalue weighted by molar-refractivity contribution is 7.11. The second-order valence-corrected chi connectivity index (χ2v) is 6.57. The molecule has 2 rings (SSSR count). The molecular formula is C16H21N3O2S. The van der Waals surface area contributed by atoms with Crippen LogP contribution in [-0.2, 0) is 6.54 Å². The molecule has 0 aliphatic rings. The van der Waals surface area contributed by atoms with Gasteiger partial charge in [0.05, 0.1) is 12.6 Å². The summed E-state index contributed by atoms with van der Waals surface area (Å²) in [4.78, 5) is 17.1. The molecule has 3 N–H and O–H groups in total. The van der Waals surface area contributed by atoms with Crippen molar-refractivity contribution in [3.05, 3.63) is 52.0 Å². The number of carbonyl (C=O) groups excluding carboxylic acids is 1. The Kier molecular flexibility index (Phi) is 5.91. The average Bonchev–Trinajstić information content (AvgIpc) is 2.91. The molecule has 2 aromatic rings. The van der Waals surface area contributed by atoms with Crippen molar-refractivity contribution in [2.75, 3.05) is 0 Å². The van der Waals surface area contributed by atoms with E-state index < -0.39 is 6.10 Å². The van der Waals surface area contributed by atoms with E-state index in [9.17, 15) is 9.90 Å². The second kappa shape index (κ2) is 7.91. The summed E-state index contributed by atoms with van der Waals surface area (Å²) in [5, 5.41) is 16.6. The Balaban J connectivity index is 1.74. The van der Waals surface area contributed by atoms with E-state index in [1.807, 2.05) is 44.2 Å². The number of aryl methyl sites for hydroxylation is 1. The third-order valence-corrected chi connectivity index (χ3v) is 4.12. The van der Waals surface area contributed by atoms with E-state index in [-0.39, 0.29) is 12.1 Å². The molecule has 118 valence electrons. The fourth-order valence-corrected chi connectivity index (χ4v) is 2.85. The molecule has 2 amide bonds. The first-order valence-electron chi connectivity index (χ1n) is 7.23. The van der Waals surface area contributed by atoms with Crippen molar-refractivity contribution in [1.82, 2.24) is 15.6 Å². The molecule has 1 heterocycles. The van der Waals surface area contributed by atoms with Gasteiger partial charge in [-0.25, -0.2) is 9.78 Å². The maximum atomic E-state index is 11.8. The highest BCUT2D eigenvalue weighted by Gasteiger charge is 2.14. The van der Waals surface area contributed by atoms with Gasteiger partial charge in [0.15, 0.2) is 0 Å². The first kappa shape index (κ1) is 16.5. The van der Waals surface area contributed by atoms with Gasteiger partial charge >= 0.3 is 6.03 Å². The van der Waals surface area contributed by atoms with E-state index in [4.69, 9.17) is 0 Å². The Labute approximate surface area is 134 Å². The van der Waals surface area contributed by atoms with Crippen molar-refractivity contribution >= 4 is 17.4 Å². The van der Waals surface area contributed by atoms with E-state index in [1.54, 1.807) is 17.5 Å². The summed E-state index contributed by atoms with van der Waals surface area (Å²) in [6, 6.07) is 9.06. The molecule has 0 bridgehead atoms.